The van der Waals surface area contributed by atoms with E-state index in [1.807, 2.05) is 6.07 Å². The van der Waals surface area contributed by atoms with Crippen molar-refractivity contribution in [2.24, 2.45) is 0 Å². The van der Waals surface area contributed by atoms with Crippen molar-refractivity contribution in [1.29, 1.82) is 0 Å². The molecule has 0 spiro atoms. The molecule has 1 heterocycles. The normalized spacial score (nSPS) is 19.9. The Balaban J connectivity index is 1.90. The van der Waals surface area contributed by atoms with E-state index >= 15 is 0 Å². The Hall–Kier alpha value is -0.290. The summed E-state index contributed by atoms with van der Waals surface area (Å²) in [7, 11) is -2.80. The zero-order valence-electron chi connectivity index (χ0n) is 9.83. The molecule has 0 saturated carbocycles. The Morgan fingerprint density at radius 3 is 2.56 bits per heavy atom. The van der Waals surface area contributed by atoms with E-state index in [2.05, 4.69) is 5.32 Å². The lowest BCUT2D eigenvalue weighted by molar-refractivity contribution is 0.463. The van der Waals surface area contributed by atoms with Gasteiger partial charge >= 0.3 is 0 Å². The van der Waals surface area contributed by atoms with Crippen LogP contribution in [0.5, 0.6) is 0 Å². The number of hydrogen-bond donors (Lipinski definition) is 1. The second-order valence-electron chi connectivity index (χ2n) is 4.54. The van der Waals surface area contributed by atoms with Gasteiger partial charge in [0.25, 0.3) is 0 Å². The van der Waals surface area contributed by atoms with Crippen molar-refractivity contribution in [3.63, 3.8) is 0 Å². The summed E-state index contributed by atoms with van der Waals surface area (Å²) >= 11 is 12.0. The highest BCUT2D eigenvalue weighted by molar-refractivity contribution is 7.91. The first kappa shape index (κ1) is 14.1. The topological polar surface area (TPSA) is 46.2 Å². The molecule has 0 radical (unpaired) electrons. The highest BCUT2D eigenvalue weighted by atomic mass is 35.5. The van der Waals surface area contributed by atoms with Gasteiger partial charge in [-0.05, 0) is 36.6 Å². The highest BCUT2D eigenvalue weighted by Gasteiger charge is 2.23. The molecular weight excluding hydrogens is 293 g/mol. The van der Waals surface area contributed by atoms with Crippen LogP contribution in [-0.2, 0) is 16.4 Å². The Bertz CT molecular complexity index is 517. The minimum Gasteiger partial charge on any atom is -0.310 e. The van der Waals surface area contributed by atoms with Gasteiger partial charge in [-0.3, -0.25) is 0 Å². The van der Waals surface area contributed by atoms with Crippen LogP contribution in [0.25, 0.3) is 0 Å². The summed E-state index contributed by atoms with van der Waals surface area (Å²) in [6, 6.07) is 5.59. The third kappa shape index (κ3) is 3.85. The molecule has 0 amide bonds. The molecule has 18 heavy (non-hydrogen) atoms. The largest absolute Gasteiger partial charge is 0.310 e. The monoisotopic (exact) mass is 307 g/mol. The SMILES string of the molecule is O=S1(=O)CCC(NCc2cc(Cl)ccc2Cl)CC1. The second kappa shape index (κ2) is 5.78. The summed E-state index contributed by atoms with van der Waals surface area (Å²) < 4.78 is 22.6. The maximum absolute atomic E-state index is 11.3. The summed E-state index contributed by atoms with van der Waals surface area (Å²) in [5.74, 6) is 0.544. The first-order valence-electron chi connectivity index (χ1n) is 5.84. The molecule has 0 bridgehead atoms. The first-order valence-corrected chi connectivity index (χ1v) is 8.42. The summed E-state index contributed by atoms with van der Waals surface area (Å²) in [5.41, 5.74) is 0.942. The van der Waals surface area contributed by atoms with Crippen molar-refractivity contribution >= 4 is 33.0 Å². The van der Waals surface area contributed by atoms with E-state index < -0.39 is 9.84 Å². The van der Waals surface area contributed by atoms with Crippen molar-refractivity contribution in [1.82, 2.24) is 5.32 Å². The van der Waals surface area contributed by atoms with E-state index in [9.17, 15) is 8.42 Å². The van der Waals surface area contributed by atoms with Crippen LogP contribution in [0.2, 0.25) is 10.0 Å². The quantitative estimate of drug-likeness (QED) is 0.934. The third-order valence-electron chi connectivity index (χ3n) is 3.14. The molecule has 1 aromatic rings. The maximum Gasteiger partial charge on any atom is 0.150 e. The molecule has 1 saturated heterocycles. The fourth-order valence-corrected chi connectivity index (χ4v) is 3.90. The molecule has 0 aliphatic carbocycles. The number of nitrogens with one attached hydrogen (secondary N) is 1. The second-order valence-corrected chi connectivity index (χ2v) is 7.69. The molecular formula is C12H15Cl2NO2S. The van der Waals surface area contributed by atoms with Gasteiger partial charge in [0, 0.05) is 22.6 Å². The van der Waals surface area contributed by atoms with Gasteiger partial charge in [0.05, 0.1) is 11.5 Å². The summed E-state index contributed by atoms with van der Waals surface area (Å²) in [6.45, 7) is 0.615. The van der Waals surface area contributed by atoms with E-state index in [-0.39, 0.29) is 17.5 Å². The lowest BCUT2D eigenvalue weighted by Crippen LogP contribution is -2.37. The summed E-state index contributed by atoms with van der Waals surface area (Å²) in [5, 5.41) is 4.67. The van der Waals surface area contributed by atoms with Crippen LogP contribution in [0.3, 0.4) is 0 Å². The molecule has 1 aliphatic rings. The molecule has 0 aromatic heterocycles. The fourth-order valence-electron chi connectivity index (χ4n) is 2.03. The number of rotatable bonds is 3. The summed E-state index contributed by atoms with van der Waals surface area (Å²) in [6.07, 6.45) is 1.33. The van der Waals surface area contributed by atoms with E-state index in [1.54, 1.807) is 12.1 Å². The molecule has 100 valence electrons. The standard InChI is InChI=1S/C12H15Cl2NO2S/c13-10-1-2-12(14)9(7-10)8-15-11-3-5-18(16,17)6-4-11/h1-2,7,11,15H,3-6,8H2. The minimum atomic E-state index is -2.80. The van der Waals surface area contributed by atoms with E-state index in [1.165, 1.54) is 0 Å². The Morgan fingerprint density at radius 2 is 1.89 bits per heavy atom. The van der Waals surface area contributed by atoms with Gasteiger partial charge < -0.3 is 5.32 Å². The molecule has 6 heteroatoms. The lowest BCUT2D eigenvalue weighted by Gasteiger charge is -2.23. The average Bonchev–Trinajstić information content (AvgIpc) is 2.32. The molecule has 1 aromatic carbocycles. The predicted molar refractivity (Wildman–Crippen MR) is 75.0 cm³/mol. The number of sulfone groups is 1. The average molecular weight is 308 g/mol. The van der Waals surface area contributed by atoms with Gasteiger partial charge in [0.2, 0.25) is 0 Å². The van der Waals surface area contributed by atoms with Crippen LogP contribution in [0.15, 0.2) is 18.2 Å². The van der Waals surface area contributed by atoms with Crippen molar-refractivity contribution in [2.45, 2.75) is 25.4 Å². The molecule has 1 aliphatic heterocycles. The van der Waals surface area contributed by atoms with Crippen molar-refractivity contribution in [3.8, 4) is 0 Å². The van der Waals surface area contributed by atoms with Gasteiger partial charge in [-0.15, -0.1) is 0 Å². The Labute approximate surface area is 117 Å². The highest BCUT2D eigenvalue weighted by Crippen LogP contribution is 2.21. The van der Waals surface area contributed by atoms with Gasteiger partial charge in [0.15, 0.2) is 0 Å². The maximum atomic E-state index is 11.3. The van der Waals surface area contributed by atoms with Crippen molar-refractivity contribution < 1.29 is 8.42 Å². The van der Waals surface area contributed by atoms with E-state index in [4.69, 9.17) is 23.2 Å². The lowest BCUT2D eigenvalue weighted by atomic mass is 10.1. The van der Waals surface area contributed by atoms with Crippen LogP contribution in [0, 0.1) is 0 Å². The number of halogens is 2. The van der Waals surface area contributed by atoms with E-state index in [0.29, 0.717) is 29.4 Å². The first-order chi connectivity index (χ1) is 8.46. The van der Waals surface area contributed by atoms with E-state index in [0.717, 1.165) is 5.56 Å². The van der Waals surface area contributed by atoms with Crippen LogP contribution in [0.1, 0.15) is 18.4 Å². The smallest absolute Gasteiger partial charge is 0.150 e. The zero-order chi connectivity index (χ0) is 13.2. The van der Waals surface area contributed by atoms with Crippen LogP contribution in [0.4, 0.5) is 0 Å². The molecule has 2 rings (SSSR count). The molecule has 0 unspecified atom stereocenters. The number of hydrogen-bond acceptors (Lipinski definition) is 3. The third-order valence-corrected chi connectivity index (χ3v) is 5.46. The molecule has 3 nitrogen and oxygen atoms in total. The molecule has 1 N–H and O–H groups in total. The Morgan fingerprint density at radius 1 is 1.22 bits per heavy atom. The zero-order valence-corrected chi connectivity index (χ0v) is 12.2. The van der Waals surface area contributed by atoms with Crippen molar-refractivity contribution in [2.75, 3.05) is 11.5 Å². The van der Waals surface area contributed by atoms with Gasteiger partial charge in [0.1, 0.15) is 9.84 Å². The molecule has 0 atom stereocenters. The van der Waals surface area contributed by atoms with Crippen LogP contribution >= 0.6 is 23.2 Å². The fraction of sp³-hybridized carbons (Fsp3) is 0.500. The Kier molecular flexibility index (Phi) is 4.54. The number of benzene rings is 1. The van der Waals surface area contributed by atoms with Gasteiger partial charge in [-0.2, -0.15) is 0 Å². The van der Waals surface area contributed by atoms with Crippen molar-refractivity contribution in [3.05, 3.63) is 33.8 Å². The van der Waals surface area contributed by atoms with Crippen LogP contribution in [-0.4, -0.2) is 26.0 Å². The van der Waals surface area contributed by atoms with Gasteiger partial charge in [-0.1, -0.05) is 23.2 Å². The predicted octanol–water partition coefficient (Wildman–Crippen LogP) is 2.66. The van der Waals surface area contributed by atoms with Gasteiger partial charge in [-0.25, -0.2) is 8.42 Å². The summed E-state index contributed by atoms with van der Waals surface area (Å²) in [4.78, 5) is 0. The minimum absolute atomic E-state index is 0.239. The van der Waals surface area contributed by atoms with Crippen LogP contribution < -0.4 is 5.32 Å². The molecule has 1 fully saturated rings.